The molecule has 12 heteroatoms. The van der Waals surface area contributed by atoms with Gasteiger partial charge in [0.1, 0.15) is 23.2 Å². The SMILES string of the molecule is C[C@H](N)CO.O=C1COc2ccc(CNC(=O)c3ncnc4c(C(=O)O)c[nH]c34)cc2N1. The number of aromatic nitrogens is 3. The summed E-state index contributed by atoms with van der Waals surface area (Å²) in [6, 6.07) is 5.13. The van der Waals surface area contributed by atoms with Crippen molar-refractivity contribution >= 4 is 34.5 Å². The highest BCUT2D eigenvalue weighted by Crippen LogP contribution is 2.28. The van der Waals surface area contributed by atoms with E-state index in [0.717, 1.165) is 11.9 Å². The van der Waals surface area contributed by atoms with Gasteiger partial charge >= 0.3 is 5.97 Å². The van der Waals surface area contributed by atoms with Crippen molar-refractivity contribution in [2.24, 2.45) is 5.73 Å². The van der Waals surface area contributed by atoms with Crippen LogP contribution in [0.2, 0.25) is 0 Å². The quantitative estimate of drug-likeness (QED) is 0.321. The number of nitrogens with zero attached hydrogens (tertiary/aromatic N) is 2. The van der Waals surface area contributed by atoms with Crippen molar-refractivity contribution in [1.29, 1.82) is 0 Å². The van der Waals surface area contributed by atoms with Crippen LogP contribution in [0.25, 0.3) is 11.0 Å². The van der Waals surface area contributed by atoms with E-state index in [4.69, 9.17) is 20.7 Å². The predicted molar refractivity (Wildman–Crippen MR) is 113 cm³/mol. The fourth-order valence-electron chi connectivity index (χ4n) is 2.78. The van der Waals surface area contributed by atoms with E-state index in [1.807, 2.05) is 0 Å². The number of hydrogen-bond donors (Lipinski definition) is 6. The van der Waals surface area contributed by atoms with Crippen LogP contribution in [0.5, 0.6) is 5.75 Å². The first-order valence-electron chi connectivity index (χ1n) is 9.55. The minimum Gasteiger partial charge on any atom is -0.482 e. The Balaban J connectivity index is 0.000000523. The minimum absolute atomic E-state index is 0.0265. The number of nitrogens with two attached hydrogens (primary N) is 1. The van der Waals surface area contributed by atoms with Crippen LogP contribution in [0, 0.1) is 0 Å². The van der Waals surface area contributed by atoms with Gasteiger partial charge in [0.2, 0.25) is 0 Å². The molecule has 0 saturated carbocycles. The number of carboxylic acids is 1. The maximum Gasteiger partial charge on any atom is 0.339 e. The van der Waals surface area contributed by atoms with E-state index in [1.54, 1.807) is 25.1 Å². The number of carboxylic acid groups (broad SMARTS) is 1. The molecule has 1 aliphatic heterocycles. The molecule has 0 unspecified atom stereocenters. The van der Waals surface area contributed by atoms with Crippen LogP contribution in [-0.2, 0) is 11.3 Å². The van der Waals surface area contributed by atoms with Crippen molar-refractivity contribution in [3.8, 4) is 5.75 Å². The van der Waals surface area contributed by atoms with E-state index in [1.165, 1.54) is 6.20 Å². The third-order valence-electron chi connectivity index (χ3n) is 4.33. The number of H-pyrrole nitrogens is 1. The highest BCUT2D eigenvalue weighted by Gasteiger charge is 2.20. The second kappa shape index (κ2) is 9.85. The second-order valence-electron chi connectivity index (χ2n) is 6.96. The third kappa shape index (κ3) is 5.17. The zero-order valence-electron chi connectivity index (χ0n) is 17.1. The van der Waals surface area contributed by atoms with Gasteiger partial charge in [-0.3, -0.25) is 9.59 Å². The number of carbonyl (C=O) groups excluding carboxylic acids is 2. The maximum atomic E-state index is 12.5. The average Bonchev–Trinajstić information content (AvgIpc) is 3.22. The van der Waals surface area contributed by atoms with Gasteiger partial charge in [-0.25, -0.2) is 14.8 Å². The first-order chi connectivity index (χ1) is 15.3. The zero-order chi connectivity index (χ0) is 23.3. The fourth-order valence-corrected chi connectivity index (χ4v) is 2.78. The molecule has 32 heavy (non-hydrogen) atoms. The summed E-state index contributed by atoms with van der Waals surface area (Å²) >= 11 is 0. The van der Waals surface area contributed by atoms with E-state index < -0.39 is 11.9 Å². The Morgan fingerprint density at radius 3 is 2.78 bits per heavy atom. The number of aromatic carboxylic acids is 1. The molecule has 1 aliphatic rings. The molecule has 0 radical (unpaired) electrons. The molecule has 0 bridgehead atoms. The number of nitrogens with one attached hydrogen (secondary N) is 3. The standard InChI is InChI=1S/C17H13N5O5.C3H9NO/c23-12-6-27-11-2-1-8(3-10(11)22-12)4-19-16(24)15-14-13(20-7-21-15)9(5-18-14)17(25)26;1-3(4)2-5/h1-3,5,7,18H,4,6H2,(H,19,24)(H,22,23)(H,25,26);3,5H,2,4H2,1H3/t;3-/m.0/s1. The molecule has 0 fully saturated rings. The average molecular weight is 442 g/mol. The highest BCUT2D eigenvalue weighted by atomic mass is 16.5. The Labute approximate surface area is 181 Å². The molecule has 1 atom stereocenters. The van der Waals surface area contributed by atoms with E-state index in [9.17, 15) is 14.4 Å². The largest absolute Gasteiger partial charge is 0.482 e. The van der Waals surface area contributed by atoms with Crippen LogP contribution >= 0.6 is 0 Å². The van der Waals surface area contributed by atoms with Crippen LogP contribution in [0.3, 0.4) is 0 Å². The monoisotopic (exact) mass is 442 g/mol. The number of fused-ring (bicyclic) bond motifs is 2. The molecule has 0 saturated heterocycles. The lowest BCUT2D eigenvalue weighted by atomic mass is 10.1. The molecule has 2 amide bonds. The summed E-state index contributed by atoms with van der Waals surface area (Å²) < 4.78 is 5.29. The number of aliphatic hydroxyl groups is 1. The minimum atomic E-state index is -1.15. The van der Waals surface area contributed by atoms with Crippen LogP contribution in [0.1, 0.15) is 33.3 Å². The molecular formula is C20H22N6O6. The molecule has 0 aliphatic carbocycles. The summed E-state index contributed by atoms with van der Waals surface area (Å²) in [5, 5.41) is 22.6. The zero-order valence-corrected chi connectivity index (χ0v) is 17.1. The topological polar surface area (TPSA) is 193 Å². The second-order valence-corrected chi connectivity index (χ2v) is 6.96. The van der Waals surface area contributed by atoms with E-state index in [0.29, 0.717) is 11.4 Å². The Bertz CT molecular complexity index is 1160. The van der Waals surface area contributed by atoms with Gasteiger partial charge in [0.25, 0.3) is 11.8 Å². The van der Waals surface area contributed by atoms with E-state index in [-0.39, 0.29) is 54.0 Å². The van der Waals surface area contributed by atoms with Gasteiger partial charge in [-0.1, -0.05) is 6.07 Å². The fraction of sp³-hybridized carbons (Fsp3) is 0.250. The van der Waals surface area contributed by atoms with Crippen LogP contribution in [0.4, 0.5) is 5.69 Å². The van der Waals surface area contributed by atoms with Gasteiger partial charge in [-0.05, 0) is 24.6 Å². The number of hydrogen-bond acceptors (Lipinski definition) is 8. The Hall–Kier alpha value is -4.03. The molecular weight excluding hydrogens is 420 g/mol. The molecule has 4 rings (SSSR count). The molecule has 168 valence electrons. The van der Waals surface area contributed by atoms with Crippen LogP contribution < -0.4 is 21.1 Å². The maximum absolute atomic E-state index is 12.5. The van der Waals surface area contributed by atoms with Crippen molar-refractivity contribution in [2.45, 2.75) is 19.5 Å². The normalized spacial score (nSPS) is 13.2. The molecule has 7 N–H and O–H groups in total. The molecule has 3 heterocycles. The lowest BCUT2D eigenvalue weighted by Crippen LogP contribution is -2.26. The van der Waals surface area contributed by atoms with Crippen molar-refractivity contribution in [2.75, 3.05) is 18.5 Å². The first-order valence-corrected chi connectivity index (χ1v) is 9.55. The summed E-state index contributed by atoms with van der Waals surface area (Å²) in [4.78, 5) is 45.7. The van der Waals surface area contributed by atoms with E-state index >= 15 is 0 Å². The summed E-state index contributed by atoms with van der Waals surface area (Å²) in [6.45, 7) is 1.99. The molecule has 12 nitrogen and oxygen atoms in total. The molecule has 2 aromatic heterocycles. The number of amides is 2. The molecule has 3 aromatic rings. The Morgan fingerprint density at radius 2 is 2.09 bits per heavy atom. The van der Waals surface area contributed by atoms with Crippen molar-refractivity contribution < 1.29 is 29.3 Å². The van der Waals surface area contributed by atoms with Crippen molar-refractivity contribution in [3.63, 3.8) is 0 Å². The van der Waals surface area contributed by atoms with Crippen LogP contribution in [0.15, 0.2) is 30.7 Å². The first kappa shape index (κ1) is 22.7. The molecule has 1 aromatic carbocycles. The predicted octanol–water partition coefficient (Wildman–Crippen LogP) is 0.243. The van der Waals surface area contributed by atoms with Gasteiger partial charge in [-0.15, -0.1) is 0 Å². The summed E-state index contributed by atoms with van der Waals surface area (Å²) in [6.07, 6.45) is 2.41. The lowest BCUT2D eigenvalue weighted by Gasteiger charge is -2.18. The highest BCUT2D eigenvalue weighted by molar-refractivity contribution is 6.08. The Kier molecular flexibility index (Phi) is 6.97. The molecule has 0 spiro atoms. The van der Waals surface area contributed by atoms with Crippen LogP contribution in [-0.4, -0.2) is 62.2 Å². The van der Waals surface area contributed by atoms with Gasteiger partial charge in [0.05, 0.1) is 17.8 Å². The summed E-state index contributed by atoms with van der Waals surface area (Å²) in [5.41, 5.74) is 6.75. The number of ether oxygens (including phenoxy) is 1. The number of rotatable bonds is 5. The number of anilines is 1. The number of aromatic amines is 1. The van der Waals surface area contributed by atoms with Crippen molar-refractivity contribution in [1.82, 2.24) is 20.3 Å². The van der Waals surface area contributed by atoms with Gasteiger partial charge in [-0.2, -0.15) is 0 Å². The lowest BCUT2D eigenvalue weighted by molar-refractivity contribution is -0.118. The van der Waals surface area contributed by atoms with E-state index in [2.05, 4.69) is 25.6 Å². The number of benzene rings is 1. The smallest absolute Gasteiger partial charge is 0.339 e. The third-order valence-corrected chi connectivity index (χ3v) is 4.33. The Morgan fingerprint density at radius 1 is 1.34 bits per heavy atom. The summed E-state index contributed by atoms with van der Waals surface area (Å²) in [5.74, 6) is -1.31. The van der Waals surface area contributed by atoms with Gasteiger partial charge < -0.3 is 36.3 Å². The van der Waals surface area contributed by atoms with Crippen molar-refractivity contribution in [3.05, 3.63) is 47.5 Å². The number of aliphatic hydroxyl groups excluding tert-OH is 1. The van der Waals surface area contributed by atoms with Gasteiger partial charge in [0, 0.05) is 18.8 Å². The van der Waals surface area contributed by atoms with Gasteiger partial charge in [0.15, 0.2) is 12.3 Å². The summed E-state index contributed by atoms with van der Waals surface area (Å²) in [7, 11) is 0. The number of carbonyl (C=O) groups is 3.